The summed E-state index contributed by atoms with van der Waals surface area (Å²) in [5.74, 6) is 0.555. The van der Waals surface area contributed by atoms with E-state index in [4.69, 9.17) is 0 Å². The van der Waals surface area contributed by atoms with Crippen LogP contribution in [-0.4, -0.2) is 37.5 Å². The number of nitrogens with zero attached hydrogens (tertiary/aromatic N) is 1. The number of aryl methyl sites for hydroxylation is 1. The molecule has 1 heterocycles. The Kier molecular flexibility index (Phi) is 7.15. The second-order valence-corrected chi connectivity index (χ2v) is 10.0. The largest absolute Gasteiger partial charge is 0.326 e. The van der Waals surface area contributed by atoms with Crippen LogP contribution in [0.4, 0.5) is 5.69 Å². The van der Waals surface area contributed by atoms with E-state index in [0.717, 1.165) is 29.7 Å². The number of carbonyl (C=O) groups is 1. The van der Waals surface area contributed by atoms with E-state index in [1.165, 1.54) is 0 Å². The van der Waals surface area contributed by atoms with Crippen LogP contribution in [0.2, 0.25) is 0 Å². The SMILES string of the molecule is Cc1ccc(S(=O)(=O)N2CCCCC2)cc1NC(=O)CCSc1ccccc1. The molecular formula is C21H26N2O3S2. The molecule has 3 rings (SSSR count). The van der Waals surface area contributed by atoms with Crippen molar-refractivity contribution in [3.8, 4) is 0 Å². The number of benzene rings is 2. The van der Waals surface area contributed by atoms with Crippen LogP contribution in [0.15, 0.2) is 58.3 Å². The third-order valence-corrected chi connectivity index (χ3v) is 7.69. The monoisotopic (exact) mass is 418 g/mol. The van der Waals surface area contributed by atoms with Gasteiger partial charge in [-0.2, -0.15) is 4.31 Å². The maximum atomic E-state index is 12.9. The predicted molar refractivity (Wildman–Crippen MR) is 114 cm³/mol. The van der Waals surface area contributed by atoms with Gasteiger partial charge in [-0.3, -0.25) is 4.79 Å². The minimum Gasteiger partial charge on any atom is -0.326 e. The van der Waals surface area contributed by atoms with Gasteiger partial charge in [-0.1, -0.05) is 30.7 Å². The molecule has 150 valence electrons. The van der Waals surface area contributed by atoms with E-state index in [9.17, 15) is 13.2 Å². The number of hydrogen-bond acceptors (Lipinski definition) is 4. The molecule has 1 aliphatic heterocycles. The summed E-state index contributed by atoms with van der Waals surface area (Å²) in [4.78, 5) is 13.7. The summed E-state index contributed by atoms with van der Waals surface area (Å²) in [6.45, 7) is 2.99. The van der Waals surface area contributed by atoms with E-state index in [1.54, 1.807) is 34.3 Å². The number of amides is 1. The molecule has 1 amide bonds. The number of sulfonamides is 1. The van der Waals surface area contributed by atoms with E-state index in [2.05, 4.69) is 5.32 Å². The normalized spacial score (nSPS) is 15.3. The van der Waals surface area contributed by atoms with Crippen molar-refractivity contribution in [3.63, 3.8) is 0 Å². The lowest BCUT2D eigenvalue weighted by Crippen LogP contribution is -2.35. The Morgan fingerprint density at radius 1 is 1.07 bits per heavy atom. The molecule has 0 unspecified atom stereocenters. The van der Waals surface area contributed by atoms with Crippen molar-refractivity contribution in [2.24, 2.45) is 0 Å². The maximum absolute atomic E-state index is 12.9. The molecule has 0 aliphatic carbocycles. The fourth-order valence-corrected chi connectivity index (χ4v) is 5.56. The smallest absolute Gasteiger partial charge is 0.243 e. The van der Waals surface area contributed by atoms with E-state index < -0.39 is 10.0 Å². The van der Waals surface area contributed by atoms with Crippen molar-refractivity contribution >= 4 is 33.4 Å². The second-order valence-electron chi connectivity index (χ2n) is 6.90. The summed E-state index contributed by atoms with van der Waals surface area (Å²) in [5.41, 5.74) is 1.41. The number of rotatable bonds is 7. The summed E-state index contributed by atoms with van der Waals surface area (Å²) in [6, 6.07) is 14.9. The average Bonchev–Trinajstić information content (AvgIpc) is 2.71. The second kappa shape index (κ2) is 9.58. The Morgan fingerprint density at radius 3 is 2.50 bits per heavy atom. The van der Waals surface area contributed by atoms with Gasteiger partial charge < -0.3 is 5.32 Å². The summed E-state index contributed by atoms with van der Waals surface area (Å²) in [6.07, 6.45) is 3.23. The third-order valence-electron chi connectivity index (χ3n) is 4.78. The van der Waals surface area contributed by atoms with Crippen LogP contribution >= 0.6 is 11.8 Å². The first-order valence-electron chi connectivity index (χ1n) is 9.55. The highest BCUT2D eigenvalue weighted by atomic mass is 32.2. The quantitative estimate of drug-likeness (QED) is 0.681. The fourth-order valence-electron chi connectivity index (χ4n) is 3.14. The van der Waals surface area contributed by atoms with E-state index in [-0.39, 0.29) is 10.8 Å². The minimum absolute atomic E-state index is 0.112. The summed E-state index contributed by atoms with van der Waals surface area (Å²) in [7, 11) is -3.51. The third kappa shape index (κ3) is 5.37. The Bertz CT molecular complexity index is 909. The topological polar surface area (TPSA) is 66.5 Å². The van der Waals surface area contributed by atoms with Gasteiger partial charge in [0.2, 0.25) is 15.9 Å². The van der Waals surface area contributed by atoms with Crippen LogP contribution < -0.4 is 5.32 Å². The van der Waals surface area contributed by atoms with Gasteiger partial charge in [0, 0.05) is 35.8 Å². The van der Waals surface area contributed by atoms with Crippen molar-refractivity contribution in [3.05, 3.63) is 54.1 Å². The van der Waals surface area contributed by atoms with Crippen LogP contribution in [0.3, 0.4) is 0 Å². The first-order chi connectivity index (χ1) is 13.5. The highest BCUT2D eigenvalue weighted by Gasteiger charge is 2.26. The molecule has 0 radical (unpaired) electrons. The summed E-state index contributed by atoms with van der Waals surface area (Å²) < 4.78 is 27.3. The molecule has 5 nitrogen and oxygen atoms in total. The lowest BCUT2D eigenvalue weighted by atomic mass is 10.2. The molecule has 28 heavy (non-hydrogen) atoms. The van der Waals surface area contributed by atoms with Crippen molar-refractivity contribution in [2.75, 3.05) is 24.2 Å². The van der Waals surface area contributed by atoms with Crippen LogP contribution in [-0.2, 0) is 14.8 Å². The van der Waals surface area contributed by atoms with E-state index in [1.807, 2.05) is 37.3 Å². The fraction of sp³-hybridized carbons (Fsp3) is 0.381. The Morgan fingerprint density at radius 2 is 1.79 bits per heavy atom. The lowest BCUT2D eigenvalue weighted by Gasteiger charge is -2.26. The molecule has 0 saturated carbocycles. The first kappa shape index (κ1) is 20.9. The van der Waals surface area contributed by atoms with Gasteiger partial charge in [0.25, 0.3) is 0 Å². The molecule has 2 aromatic carbocycles. The Hall–Kier alpha value is -1.83. The Labute approximate surface area is 171 Å². The molecule has 0 spiro atoms. The molecule has 2 aromatic rings. The number of thioether (sulfide) groups is 1. The van der Waals surface area contributed by atoms with Crippen molar-refractivity contribution in [2.45, 2.75) is 42.4 Å². The molecule has 0 aromatic heterocycles. The highest BCUT2D eigenvalue weighted by Crippen LogP contribution is 2.25. The van der Waals surface area contributed by atoms with Crippen molar-refractivity contribution < 1.29 is 13.2 Å². The molecule has 1 fully saturated rings. The van der Waals surface area contributed by atoms with Crippen LogP contribution in [0.1, 0.15) is 31.2 Å². The Balaban J connectivity index is 1.63. The van der Waals surface area contributed by atoms with E-state index >= 15 is 0 Å². The number of carbonyl (C=O) groups excluding carboxylic acids is 1. The molecule has 1 aliphatic rings. The maximum Gasteiger partial charge on any atom is 0.243 e. The molecule has 1 N–H and O–H groups in total. The van der Waals surface area contributed by atoms with E-state index in [0.29, 0.717) is 31.0 Å². The van der Waals surface area contributed by atoms with Gasteiger partial charge in [0.1, 0.15) is 0 Å². The first-order valence-corrected chi connectivity index (χ1v) is 12.0. The van der Waals surface area contributed by atoms with Crippen LogP contribution in [0.5, 0.6) is 0 Å². The van der Waals surface area contributed by atoms with Crippen LogP contribution in [0.25, 0.3) is 0 Å². The number of anilines is 1. The highest BCUT2D eigenvalue weighted by molar-refractivity contribution is 7.99. The molecule has 0 bridgehead atoms. The standard InChI is InChI=1S/C21H26N2O3S2/c1-17-10-11-19(28(25,26)23-13-6-3-7-14-23)16-20(17)22-21(24)12-15-27-18-8-4-2-5-9-18/h2,4-5,8-11,16H,3,6-7,12-15H2,1H3,(H,22,24). The molecular weight excluding hydrogens is 392 g/mol. The van der Waals surface area contributed by atoms with Gasteiger partial charge in [-0.25, -0.2) is 8.42 Å². The van der Waals surface area contributed by atoms with Gasteiger partial charge >= 0.3 is 0 Å². The van der Waals surface area contributed by atoms with Crippen molar-refractivity contribution in [1.29, 1.82) is 0 Å². The van der Waals surface area contributed by atoms with Crippen LogP contribution in [0, 0.1) is 6.92 Å². The van der Waals surface area contributed by atoms with Crippen molar-refractivity contribution in [1.82, 2.24) is 4.31 Å². The zero-order valence-electron chi connectivity index (χ0n) is 16.1. The van der Waals surface area contributed by atoms with Gasteiger partial charge in [0.15, 0.2) is 0 Å². The predicted octanol–water partition coefficient (Wildman–Crippen LogP) is 4.29. The zero-order valence-corrected chi connectivity index (χ0v) is 17.7. The lowest BCUT2D eigenvalue weighted by molar-refractivity contribution is -0.115. The minimum atomic E-state index is -3.51. The molecule has 1 saturated heterocycles. The number of hydrogen-bond donors (Lipinski definition) is 1. The zero-order chi connectivity index (χ0) is 20.0. The number of nitrogens with one attached hydrogen (secondary N) is 1. The molecule has 0 atom stereocenters. The average molecular weight is 419 g/mol. The summed E-state index contributed by atoms with van der Waals surface area (Å²) >= 11 is 1.63. The van der Waals surface area contributed by atoms with Gasteiger partial charge in [-0.15, -0.1) is 11.8 Å². The summed E-state index contributed by atoms with van der Waals surface area (Å²) in [5, 5.41) is 2.88. The number of piperidine rings is 1. The van der Waals surface area contributed by atoms with Gasteiger partial charge in [0.05, 0.1) is 4.90 Å². The van der Waals surface area contributed by atoms with Gasteiger partial charge in [-0.05, 0) is 49.6 Å². The molecule has 7 heteroatoms.